The molecule has 0 radical (unpaired) electrons. The summed E-state index contributed by atoms with van der Waals surface area (Å²) in [6.45, 7) is 7.06. The van der Waals surface area contributed by atoms with Crippen molar-refractivity contribution in [2.24, 2.45) is 5.41 Å². The Labute approximate surface area is 255 Å². The van der Waals surface area contributed by atoms with Crippen LogP contribution in [0.3, 0.4) is 0 Å². The van der Waals surface area contributed by atoms with Gasteiger partial charge in [0.05, 0.1) is 18.8 Å². The summed E-state index contributed by atoms with van der Waals surface area (Å²) >= 11 is 0. The first-order chi connectivity index (χ1) is 20.6. The second-order valence-corrected chi connectivity index (χ2v) is 13.2. The van der Waals surface area contributed by atoms with Gasteiger partial charge in [-0.1, -0.05) is 45.0 Å². The van der Waals surface area contributed by atoms with Crippen molar-refractivity contribution in [3.63, 3.8) is 0 Å². The molecule has 0 spiro atoms. The summed E-state index contributed by atoms with van der Waals surface area (Å²) in [6, 6.07) is 3.82. The Morgan fingerprint density at radius 3 is 2.41 bits per heavy atom. The van der Waals surface area contributed by atoms with Gasteiger partial charge in [-0.15, -0.1) is 13.2 Å². The van der Waals surface area contributed by atoms with Crippen LogP contribution in [0.4, 0.5) is 18.0 Å². The molecule has 6 atom stereocenters. The van der Waals surface area contributed by atoms with Gasteiger partial charge in [0.25, 0.3) is 0 Å². The Kier molecular flexibility index (Phi) is 10.5. The van der Waals surface area contributed by atoms with Gasteiger partial charge in [-0.3, -0.25) is 19.1 Å². The van der Waals surface area contributed by atoms with E-state index in [0.29, 0.717) is 12.8 Å². The minimum absolute atomic E-state index is 0.0163. The van der Waals surface area contributed by atoms with Gasteiger partial charge in [0, 0.05) is 12.5 Å². The van der Waals surface area contributed by atoms with Crippen LogP contribution in [0.5, 0.6) is 0 Å². The van der Waals surface area contributed by atoms with Crippen LogP contribution in [0.15, 0.2) is 24.3 Å². The SMILES string of the molecule is C[C@H](NC(=O)OCC(C)(C)C)C(=O)N[C@H]1C[C@H](OC(F)(F)F)CC[C@H]2CC[C@@H](C(=O)N[C@@H]3CCCc4ccccc43)N2C1=O. The Morgan fingerprint density at radius 2 is 1.70 bits per heavy atom. The number of nitrogens with zero attached hydrogens (tertiary/aromatic N) is 1. The number of nitrogens with one attached hydrogen (secondary N) is 3. The topological polar surface area (TPSA) is 126 Å². The van der Waals surface area contributed by atoms with E-state index in [-0.39, 0.29) is 36.8 Å². The van der Waals surface area contributed by atoms with Gasteiger partial charge in [-0.2, -0.15) is 0 Å². The van der Waals surface area contributed by atoms with Crippen molar-refractivity contribution in [3.05, 3.63) is 35.4 Å². The number of hydrogen-bond acceptors (Lipinski definition) is 6. The van der Waals surface area contributed by atoms with Crippen LogP contribution in [-0.4, -0.2) is 72.0 Å². The minimum Gasteiger partial charge on any atom is -0.449 e. The molecular formula is C31H43F3N4O6. The predicted octanol–water partition coefficient (Wildman–Crippen LogP) is 4.27. The summed E-state index contributed by atoms with van der Waals surface area (Å²) in [5.74, 6) is -1.76. The summed E-state index contributed by atoms with van der Waals surface area (Å²) in [6.07, 6.45) is -4.03. The zero-order valence-electron chi connectivity index (χ0n) is 25.7. The Balaban J connectivity index is 1.49. The fraction of sp³-hybridized carbons (Fsp3) is 0.677. The first kappa shape index (κ1) is 33.5. The summed E-state index contributed by atoms with van der Waals surface area (Å²) in [5, 5.41) is 8.01. The third-order valence-corrected chi connectivity index (χ3v) is 8.34. The fourth-order valence-corrected chi connectivity index (χ4v) is 6.25. The molecule has 2 fully saturated rings. The van der Waals surface area contributed by atoms with Crippen LogP contribution in [0, 0.1) is 5.41 Å². The van der Waals surface area contributed by atoms with Crippen molar-refractivity contribution >= 4 is 23.8 Å². The lowest BCUT2D eigenvalue weighted by atomic mass is 9.87. The highest BCUT2D eigenvalue weighted by Gasteiger charge is 2.47. The van der Waals surface area contributed by atoms with Gasteiger partial charge in [0.2, 0.25) is 17.7 Å². The molecule has 0 unspecified atom stereocenters. The molecular weight excluding hydrogens is 581 g/mol. The van der Waals surface area contributed by atoms with Crippen molar-refractivity contribution in [2.75, 3.05) is 6.61 Å². The van der Waals surface area contributed by atoms with Crippen molar-refractivity contribution in [1.82, 2.24) is 20.9 Å². The molecule has 4 amide bonds. The summed E-state index contributed by atoms with van der Waals surface area (Å²) in [5.41, 5.74) is 1.90. The number of halogens is 3. The van der Waals surface area contributed by atoms with E-state index < -0.39 is 61.0 Å². The van der Waals surface area contributed by atoms with Crippen LogP contribution >= 0.6 is 0 Å². The van der Waals surface area contributed by atoms with E-state index in [0.717, 1.165) is 24.8 Å². The summed E-state index contributed by atoms with van der Waals surface area (Å²) < 4.78 is 49.2. The van der Waals surface area contributed by atoms with Gasteiger partial charge in [-0.25, -0.2) is 4.79 Å². The normalized spacial score (nSPS) is 26.4. The van der Waals surface area contributed by atoms with Crippen LogP contribution < -0.4 is 16.0 Å². The Bertz CT molecular complexity index is 1220. The lowest BCUT2D eigenvalue weighted by Crippen LogP contribution is -2.59. The molecule has 2 saturated heterocycles. The third-order valence-electron chi connectivity index (χ3n) is 8.34. The van der Waals surface area contributed by atoms with E-state index in [1.165, 1.54) is 17.4 Å². The molecule has 4 rings (SSSR count). The zero-order valence-corrected chi connectivity index (χ0v) is 25.7. The summed E-state index contributed by atoms with van der Waals surface area (Å²) in [4.78, 5) is 54.3. The third kappa shape index (κ3) is 8.86. The molecule has 0 saturated carbocycles. The van der Waals surface area contributed by atoms with Crippen molar-refractivity contribution < 1.29 is 41.8 Å². The molecule has 1 aliphatic carbocycles. The molecule has 3 N–H and O–H groups in total. The van der Waals surface area contributed by atoms with Crippen molar-refractivity contribution in [1.29, 1.82) is 0 Å². The predicted molar refractivity (Wildman–Crippen MR) is 154 cm³/mol. The molecule has 1 aromatic rings. The number of rotatable bonds is 7. The van der Waals surface area contributed by atoms with E-state index in [1.807, 2.05) is 45.0 Å². The molecule has 2 aliphatic heterocycles. The molecule has 0 bridgehead atoms. The molecule has 44 heavy (non-hydrogen) atoms. The van der Waals surface area contributed by atoms with Crippen LogP contribution in [-0.2, 0) is 30.3 Å². The lowest BCUT2D eigenvalue weighted by Gasteiger charge is -2.38. The number of aryl methyl sites for hydroxylation is 1. The Hall–Kier alpha value is -3.35. The highest BCUT2D eigenvalue weighted by molar-refractivity contribution is 5.94. The van der Waals surface area contributed by atoms with Crippen LogP contribution in [0.2, 0.25) is 0 Å². The average molecular weight is 625 g/mol. The second-order valence-electron chi connectivity index (χ2n) is 13.2. The molecule has 1 aromatic carbocycles. The highest BCUT2D eigenvalue weighted by atomic mass is 19.4. The van der Waals surface area contributed by atoms with Gasteiger partial charge >= 0.3 is 12.5 Å². The van der Waals surface area contributed by atoms with E-state index in [2.05, 4.69) is 20.7 Å². The van der Waals surface area contributed by atoms with Gasteiger partial charge in [-0.05, 0) is 68.4 Å². The average Bonchev–Trinajstić information content (AvgIpc) is 3.36. The van der Waals surface area contributed by atoms with Crippen LogP contribution in [0.1, 0.15) is 89.8 Å². The standard InChI is InChI=1S/C31H43F3N4O6/c1-18(35-29(42)43-17-30(2,3)4)26(39)37-24-16-21(44-31(32,33)34)14-12-20-13-15-25(38(20)28(24)41)27(40)36-23-11-7-9-19-8-5-6-10-22(19)23/h5-6,8,10,18,20-21,23-25H,7,9,11-17H2,1-4H3,(H,35,42)(H,36,40)(H,37,39)/t18-,20-,21+,23+,24-,25-/m0/s1. The van der Waals surface area contributed by atoms with E-state index in [1.54, 1.807) is 0 Å². The Morgan fingerprint density at radius 1 is 1.00 bits per heavy atom. The number of ether oxygens (including phenoxy) is 2. The minimum atomic E-state index is -4.93. The van der Waals surface area contributed by atoms with E-state index in [4.69, 9.17) is 4.74 Å². The highest BCUT2D eigenvalue weighted by Crippen LogP contribution is 2.35. The van der Waals surface area contributed by atoms with Gasteiger partial charge in [0.1, 0.15) is 18.1 Å². The number of amides is 4. The number of benzene rings is 1. The smallest absolute Gasteiger partial charge is 0.449 e. The van der Waals surface area contributed by atoms with Gasteiger partial charge < -0.3 is 25.6 Å². The monoisotopic (exact) mass is 624 g/mol. The largest absolute Gasteiger partial charge is 0.522 e. The first-order valence-corrected chi connectivity index (χ1v) is 15.3. The fourth-order valence-electron chi connectivity index (χ4n) is 6.25. The molecule has 244 valence electrons. The number of carbonyl (C=O) groups excluding carboxylic acids is 4. The maximum Gasteiger partial charge on any atom is 0.522 e. The molecule has 2 heterocycles. The first-order valence-electron chi connectivity index (χ1n) is 15.3. The van der Waals surface area contributed by atoms with Crippen molar-refractivity contribution in [3.8, 4) is 0 Å². The number of alkyl carbamates (subject to hydrolysis) is 1. The van der Waals surface area contributed by atoms with E-state index >= 15 is 0 Å². The van der Waals surface area contributed by atoms with E-state index in [9.17, 15) is 32.3 Å². The maximum atomic E-state index is 14.0. The van der Waals surface area contributed by atoms with Crippen molar-refractivity contribution in [2.45, 2.75) is 122 Å². The number of fused-ring (bicyclic) bond motifs is 2. The molecule has 0 aromatic heterocycles. The maximum absolute atomic E-state index is 14.0. The molecule has 13 heteroatoms. The second kappa shape index (κ2) is 13.7. The number of hydrogen-bond donors (Lipinski definition) is 3. The van der Waals surface area contributed by atoms with Gasteiger partial charge in [0.15, 0.2) is 0 Å². The number of carbonyl (C=O) groups is 4. The molecule has 3 aliphatic rings. The van der Waals surface area contributed by atoms with Crippen LogP contribution in [0.25, 0.3) is 0 Å². The molecule has 10 nitrogen and oxygen atoms in total. The zero-order chi connectivity index (χ0) is 32.2. The lowest BCUT2D eigenvalue weighted by molar-refractivity contribution is -0.344. The summed E-state index contributed by atoms with van der Waals surface area (Å²) in [7, 11) is 0. The quantitative estimate of drug-likeness (QED) is 0.416. The number of alkyl halides is 3.